The van der Waals surface area contributed by atoms with Gasteiger partial charge >= 0.3 is 26.2 Å². The smallest absolute Gasteiger partial charge is 1.00 e. The second-order valence-corrected chi connectivity index (χ2v) is 24.1. The van der Waals surface area contributed by atoms with Gasteiger partial charge in [-0.2, -0.15) is 12.2 Å². The fourth-order valence-corrected chi connectivity index (χ4v) is 9.06. The predicted octanol–water partition coefficient (Wildman–Crippen LogP) is 1.16. The Labute approximate surface area is 233 Å². The van der Waals surface area contributed by atoms with E-state index in [4.69, 9.17) is 8.85 Å². The van der Waals surface area contributed by atoms with Crippen LogP contribution in [0.25, 0.3) is 0 Å². The molecule has 0 unspecified atom stereocenters. The molecule has 0 bridgehead atoms. The van der Waals surface area contributed by atoms with E-state index in [0.29, 0.717) is 0 Å². The van der Waals surface area contributed by atoms with E-state index in [1.165, 1.54) is 11.1 Å². The van der Waals surface area contributed by atoms with Crippen LogP contribution in [0.1, 0.15) is 38.5 Å². The summed E-state index contributed by atoms with van der Waals surface area (Å²) in [4.78, 5) is 0. The molecule has 0 radical (unpaired) electrons. The van der Waals surface area contributed by atoms with Gasteiger partial charge in [0.25, 0.3) is 0 Å². The molecule has 32 heavy (non-hydrogen) atoms. The van der Waals surface area contributed by atoms with E-state index >= 15 is 0 Å². The maximum Gasteiger partial charge on any atom is 4.00 e. The summed E-state index contributed by atoms with van der Waals surface area (Å²) in [6, 6.07) is 0. The molecule has 2 aliphatic rings. The van der Waals surface area contributed by atoms with E-state index in [9.17, 15) is 0 Å². The van der Waals surface area contributed by atoms with Gasteiger partial charge in [0.05, 0.1) is 0 Å². The topological polar surface area (TPSA) is 18.5 Å². The van der Waals surface area contributed by atoms with Gasteiger partial charge in [0.1, 0.15) is 0 Å². The minimum Gasteiger partial charge on any atom is -1.00 e. The van der Waals surface area contributed by atoms with Gasteiger partial charge in [-0.05, 0) is 52.1 Å². The molecule has 0 amide bonds. The summed E-state index contributed by atoms with van der Waals surface area (Å²) in [6.45, 7) is 20.4. The van der Waals surface area contributed by atoms with Crippen molar-refractivity contribution in [1.29, 1.82) is 0 Å². The third-order valence-electron chi connectivity index (χ3n) is 5.45. The summed E-state index contributed by atoms with van der Waals surface area (Å²) in [5, 5.41) is 3.22. The van der Waals surface area contributed by atoms with E-state index in [1.54, 1.807) is 10.4 Å². The van der Waals surface area contributed by atoms with Gasteiger partial charge < -0.3 is 33.7 Å². The zero-order valence-corrected chi connectivity index (χ0v) is 28.4. The maximum atomic E-state index is 6.06. The number of hydrogen-bond donors (Lipinski definition) is 0. The molecule has 0 saturated carbocycles. The summed E-state index contributed by atoms with van der Waals surface area (Å²) < 4.78 is 12.1. The van der Waals surface area contributed by atoms with Crippen LogP contribution in [0.2, 0.25) is 52.4 Å². The first-order valence-electron chi connectivity index (χ1n) is 11.3. The molecule has 2 aliphatic carbocycles. The van der Waals surface area contributed by atoms with Crippen LogP contribution < -0.4 is 24.8 Å². The third-order valence-corrected chi connectivity index (χ3v) is 11.3. The molecule has 2 nitrogen and oxygen atoms in total. The number of halogens is 2. The van der Waals surface area contributed by atoms with Crippen LogP contribution in [0.3, 0.4) is 0 Å². The first kappa shape index (κ1) is 35.2. The molecule has 0 aromatic carbocycles. The average molecular weight is 609 g/mol. The largest absolute Gasteiger partial charge is 4.00 e. The van der Waals surface area contributed by atoms with Crippen molar-refractivity contribution < 1.29 is 59.9 Å². The zero-order valence-electron chi connectivity index (χ0n) is 21.4. The van der Waals surface area contributed by atoms with Gasteiger partial charge in [0, 0.05) is 13.2 Å². The van der Waals surface area contributed by atoms with Crippen molar-refractivity contribution in [3.63, 3.8) is 0 Å². The Kier molecular flexibility index (Phi) is 16.7. The molecule has 180 valence electrons. The van der Waals surface area contributed by atoms with Crippen LogP contribution in [-0.4, -0.2) is 37.9 Å². The molecule has 0 spiro atoms. The SMILES string of the molecule is C[Si](C)(C)OCCCC1=[C-]CC=C1[Si](C)(C)C1=CC[C-]=C1CCCO[Si](C)(C)C.[Cl-].[Cl-].[Zr+4]. The van der Waals surface area contributed by atoms with Crippen LogP contribution in [0.4, 0.5) is 0 Å². The molecule has 0 aromatic rings. The first-order chi connectivity index (χ1) is 13.4. The number of hydrogen-bond acceptors (Lipinski definition) is 2. The van der Waals surface area contributed by atoms with Crippen molar-refractivity contribution in [2.24, 2.45) is 0 Å². The fourth-order valence-electron chi connectivity index (χ4n) is 4.10. The van der Waals surface area contributed by atoms with Gasteiger partial charge in [0.15, 0.2) is 16.6 Å². The van der Waals surface area contributed by atoms with Gasteiger partial charge in [-0.15, -0.1) is 12.8 Å². The van der Waals surface area contributed by atoms with Gasteiger partial charge in [-0.3, -0.25) is 12.2 Å². The molecule has 0 aliphatic heterocycles. The third kappa shape index (κ3) is 11.6. The van der Waals surface area contributed by atoms with Crippen molar-refractivity contribution in [3.05, 3.63) is 45.8 Å². The van der Waals surface area contributed by atoms with Crippen molar-refractivity contribution in [2.75, 3.05) is 13.2 Å². The van der Waals surface area contributed by atoms with Crippen LogP contribution >= 0.6 is 0 Å². The molecule has 0 heterocycles. The minimum absolute atomic E-state index is 0. The zero-order chi connectivity index (χ0) is 21.7. The van der Waals surface area contributed by atoms with Gasteiger partial charge in [0.2, 0.25) is 0 Å². The van der Waals surface area contributed by atoms with Crippen LogP contribution in [0.5, 0.6) is 0 Å². The Bertz CT molecular complexity index is 645. The molecular formula is C24H42Cl2O2Si3Zr. The second-order valence-electron chi connectivity index (χ2n) is 10.7. The van der Waals surface area contributed by atoms with Gasteiger partial charge in [-0.1, -0.05) is 34.0 Å². The maximum absolute atomic E-state index is 6.06. The monoisotopic (exact) mass is 606 g/mol. The molecule has 0 aromatic heterocycles. The van der Waals surface area contributed by atoms with E-state index in [0.717, 1.165) is 51.7 Å². The summed E-state index contributed by atoms with van der Waals surface area (Å²) in [5.41, 5.74) is 2.94. The summed E-state index contributed by atoms with van der Waals surface area (Å²) in [6.07, 6.45) is 18.6. The second kappa shape index (κ2) is 15.2. The molecule has 2 rings (SSSR count). The van der Waals surface area contributed by atoms with Crippen molar-refractivity contribution in [2.45, 2.75) is 90.9 Å². The average Bonchev–Trinajstić information content (AvgIpc) is 3.23. The molecule has 0 atom stereocenters. The van der Waals surface area contributed by atoms with Crippen LogP contribution in [0, 0.1) is 12.2 Å². The van der Waals surface area contributed by atoms with E-state index in [2.05, 4.69) is 76.7 Å². The summed E-state index contributed by atoms with van der Waals surface area (Å²) in [7, 11) is -4.52. The van der Waals surface area contributed by atoms with Crippen molar-refractivity contribution in [3.8, 4) is 0 Å². The molecule has 0 N–H and O–H groups in total. The molecular weight excluding hydrogens is 567 g/mol. The minimum atomic E-state index is -1.70. The fraction of sp³-hybridized carbons (Fsp3) is 0.667. The Morgan fingerprint density at radius 1 is 0.688 bits per heavy atom. The van der Waals surface area contributed by atoms with E-state index in [-0.39, 0.29) is 51.0 Å². The number of allylic oxidation sites excluding steroid dienone is 8. The Balaban J connectivity index is 0. The van der Waals surface area contributed by atoms with Crippen molar-refractivity contribution >= 4 is 24.7 Å². The first-order valence-corrected chi connectivity index (χ1v) is 21.1. The summed E-state index contributed by atoms with van der Waals surface area (Å²) in [5.74, 6) is 0. The molecule has 0 fully saturated rings. The molecule has 8 heteroatoms. The van der Waals surface area contributed by atoms with Crippen molar-refractivity contribution in [1.82, 2.24) is 0 Å². The van der Waals surface area contributed by atoms with Gasteiger partial charge in [-0.25, -0.2) is 21.5 Å². The standard InChI is InChI=1S/C24H42O2Si3.2ClH.Zr/c1-27(2,3)25-19-11-15-21-13-9-17-23(21)29(7,8)24-18-10-14-22(24)16-12-20-26-28(4,5)6;;;/h17-18H,9-12,15-16,19-20H2,1-8H3;2*1H;/q-2;;;+4/p-2. The Hall–Kier alpha value is 0.994. The van der Waals surface area contributed by atoms with E-state index < -0.39 is 24.7 Å². The number of rotatable bonds is 12. The van der Waals surface area contributed by atoms with Crippen LogP contribution in [-0.2, 0) is 35.1 Å². The Morgan fingerprint density at radius 3 is 1.34 bits per heavy atom. The quantitative estimate of drug-likeness (QED) is 0.188. The van der Waals surface area contributed by atoms with Crippen LogP contribution in [0.15, 0.2) is 33.7 Å². The molecule has 0 saturated heterocycles. The predicted molar refractivity (Wildman–Crippen MR) is 133 cm³/mol. The normalized spacial score (nSPS) is 16.2. The summed E-state index contributed by atoms with van der Waals surface area (Å²) >= 11 is 0. The Morgan fingerprint density at radius 2 is 1.03 bits per heavy atom. The van der Waals surface area contributed by atoms with E-state index in [1.807, 2.05) is 0 Å².